The van der Waals surface area contributed by atoms with Crippen molar-refractivity contribution in [2.75, 3.05) is 12.0 Å². The van der Waals surface area contributed by atoms with E-state index in [9.17, 15) is 8.42 Å². The zero-order chi connectivity index (χ0) is 13.2. The summed E-state index contributed by atoms with van der Waals surface area (Å²) in [4.78, 5) is 7.33. The van der Waals surface area contributed by atoms with Gasteiger partial charge in [-0.2, -0.15) is 11.3 Å². The van der Waals surface area contributed by atoms with Crippen molar-refractivity contribution in [3.05, 3.63) is 28.8 Å². The Labute approximate surface area is 110 Å². The SMILES string of the molecule is CS(=O)(=O)CCC(N)c1ncc(-c2ccsc2)[nH]1. The summed E-state index contributed by atoms with van der Waals surface area (Å²) < 4.78 is 22.1. The highest BCUT2D eigenvalue weighted by Crippen LogP contribution is 2.21. The van der Waals surface area contributed by atoms with E-state index in [0.29, 0.717) is 12.2 Å². The van der Waals surface area contributed by atoms with Crippen LogP contribution in [0.2, 0.25) is 0 Å². The number of nitrogens with zero attached hydrogens (tertiary/aromatic N) is 1. The summed E-state index contributed by atoms with van der Waals surface area (Å²) in [5.74, 6) is 0.697. The standard InChI is InChI=1S/C11H15N3O2S2/c1-18(15,16)5-3-9(12)11-13-6-10(14-11)8-2-4-17-7-8/h2,4,6-7,9H,3,5,12H2,1H3,(H,13,14). The average Bonchev–Trinajstić information content (AvgIpc) is 2.94. The molecular weight excluding hydrogens is 270 g/mol. The third-order valence-electron chi connectivity index (χ3n) is 2.58. The van der Waals surface area contributed by atoms with Crippen LogP contribution >= 0.6 is 11.3 Å². The van der Waals surface area contributed by atoms with Gasteiger partial charge < -0.3 is 10.7 Å². The zero-order valence-electron chi connectivity index (χ0n) is 9.96. The molecule has 2 heterocycles. The van der Waals surface area contributed by atoms with Gasteiger partial charge in [0, 0.05) is 17.2 Å². The van der Waals surface area contributed by atoms with Gasteiger partial charge in [0.15, 0.2) is 0 Å². The summed E-state index contributed by atoms with van der Waals surface area (Å²) >= 11 is 1.61. The van der Waals surface area contributed by atoms with Crippen LogP contribution in [0.25, 0.3) is 11.3 Å². The highest BCUT2D eigenvalue weighted by atomic mass is 32.2. The third-order valence-corrected chi connectivity index (χ3v) is 4.24. The molecular formula is C11H15N3O2S2. The second kappa shape index (κ2) is 5.21. The molecule has 0 aliphatic heterocycles. The molecule has 0 spiro atoms. The van der Waals surface area contributed by atoms with Crippen LogP contribution in [0.15, 0.2) is 23.0 Å². The maximum Gasteiger partial charge on any atom is 0.147 e. The Bertz CT molecular complexity index is 602. The number of thiophene rings is 1. The Morgan fingerprint density at radius 1 is 1.56 bits per heavy atom. The van der Waals surface area contributed by atoms with Crippen LogP contribution in [-0.4, -0.2) is 30.4 Å². The summed E-state index contributed by atoms with van der Waals surface area (Å²) in [6.07, 6.45) is 3.30. The van der Waals surface area contributed by atoms with E-state index < -0.39 is 9.84 Å². The topological polar surface area (TPSA) is 88.8 Å². The molecule has 3 N–H and O–H groups in total. The quantitative estimate of drug-likeness (QED) is 0.872. The first-order valence-electron chi connectivity index (χ1n) is 5.46. The molecule has 0 aliphatic rings. The number of hydrogen-bond donors (Lipinski definition) is 2. The lowest BCUT2D eigenvalue weighted by molar-refractivity contribution is 0.588. The van der Waals surface area contributed by atoms with Gasteiger partial charge >= 0.3 is 0 Å². The molecule has 0 saturated carbocycles. The van der Waals surface area contributed by atoms with Crippen LogP contribution in [0.1, 0.15) is 18.3 Å². The summed E-state index contributed by atoms with van der Waals surface area (Å²) in [5, 5.41) is 4.00. The number of nitrogens with two attached hydrogens (primary N) is 1. The second-order valence-corrected chi connectivity index (χ2v) is 7.26. The molecule has 5 nitrogen and oxygen atoms in total. The molecule has 18 heavy (non-hydrogen) atoms. The molecule has 0 aliphatic carbocycles. The van der Waals surface area contributed by atoms with E-state index in [1.54, 1.807) is 17.5 Å². The minimum atomic E-state index is -2.98. The van der Waals surface area contributed by atoms with E-state index in [1.807, 2.05) is 16.8 Å². The molecule has 2 rings (SSSR count). The van der Waals surface area contributed by atoms with Crippen molar-refractivity contribution in [2.45, 2.75) is 12.5 Å². The number of nitrogens with one attached hydrogen (secondary N) is 1. The molecule has 0 amide bonds. The number of imidazole rings is 1. The van der Waals surface area contributed by atoms with Crippen LogP contribution in [-0.2, 0) is 9.84 Å². The maximum atomic E-state index is 11.1. The first-order chi connectivity index (χ1) is 8.46. The van der Waals surface area contributed by atoms with Gasteiger partial charge in [0.25, 0.3) is 0 Å². The number of sulfone groups is 1. The molecule has 98 valence electrons. The van der Waals surface area contributed by atoms with Crippen molar-refractivity contribution in [3.63, 3.8) is 0 Å². The average molecular weight is 285 g/mol. The highest BCUT2D eigenvalue weighted by molar-refractivity contribution is 7.90. The molecule has 7 heteroatoms. The van der Waals surface area contributed by atoms with Gasteiger partial charge in [-0.1, -0.05) is 0 Å². The molecule has 0 radical (unpaired) electrons. The Kier molecular flexibility index (Phi) is 3.84. The van der Waals surface area contributed by atoms with Crippen molar-refractivity contribution >= 4 is 21.2 Å². The Morgan fingerprint density at radius 3 is 2.94 bits per heavy atom. The van der Waals surface area contributed by atoms with E-state index in [2.05, 4.69) is 9.97 Å². The highest BCUT2D eigenvalue weighted by Gasteiger charge is 2.13. The largest absolute Gasteiger partial charge is 0.341 e. The smallest absolute Gasteiger partial charge is 0.147 e. The van der Waals surface area contributed by atoms with E-state index in [-0.39, 0.29) is 11.8 Å². The van der Waals surface area contributed by atoms with Crippen LogP contribution in [0, 0.1) is 0 Å². The van der Waals surface area contributed by atoms with Gasteiger partial charge in [-0.3, -0.25) is 0 Å². The molecule has 0 fully saturated rings. The fourth-order valence-electron chi connectivity index (χ4n) is 1.57. The van der Waals surface area contributed by atoms with Crippen LogP contribution in [0.5, 0.6) is 0 Å². The first kappa shape index (κ1) is 13.3. The van der Waals surface area contributed by atoms with Crippen molar-refractivity contribution in [1.29, 1.82) is 0 Å². The van der Waals surface area contributed by atoms with Gasteiger partial charge in [0.1, 0.15) is 15.7 Å². The number of rotatable bonds is 5. The fourth-order valence-corrected chi connectivity index (χ4v) is 2.91. The molecule has 2 aromatic heterocycles. The van der Waals surface area contributed by atoms with Gasteiger partial charge in [-0.15, -0.1) is 0 Å². The van der Waals surface area contributed by atoms with Gasteiger partial charge in [-0.25, -0.2) is 13.4 Å². The number of aromatic amines is 1. The Balaban J connectivity index is 2.06. The van der Waals surface area contributed by atoms with E-state index in [4.69, 9.17) is 5.73 Å². The monoisotopic (exact) mass is 285 g/mol. The van der Waals surface area contributed by atoms with E-state index in [0.717, 1.165) is 11.3 Å². The van der Waals surface area contributed by atoms with Gasteiger partial charge in [-0.05, 0) is 17.9 Å². The Hall–Kier alpha value is -1.18. The van der Waals surface area contributed by atoms with Crippen LogP contribution < -0.4 is 5.73 Å². The van der Waals surface area contributed by atoms with Gasteiger partial charge in [0.2, 0.25) is 0 Å². The normalized spacial score (nSPS) is 13.7. The van der Waals surface area contributed by atoms with Crippen molar-refractivity contribution in [3.8, 4) is 11.3 Å². The Morgan fingerprint density at radius 2 is 2.33 bits per heavy atom. The summed E-state index contributed by atoms with van der Waals surface area (Å²) in [5.41, 5.74) is 7.88. The van der Waals surface area contributed by atoms with Crippen molar-refractivity contribution < 1.29 is 8.42 Å². The molecule has 1 unspecified atom stereocenters. The number of H-pyrrole nitrogens is 1. The molecule has 0 bridgehead atoms. The lowest BCUT2D eigenvalue weighted by Gasteiger charge is -2.07. The summed E-state index contributed by atoms with van der Waals surface area (Å²) in [6, 6.07) is 1.61. The predicted molar refractivity (Wildman–Crippen MR) is 73.2 cm³/mol. The fraction of sp³-hybridized carbons (Fsp3) is 0.364. The minimum Gasteiger partial charge on any atom is -0.341 e. The third kappa shape index (κ3) is 3.41. The van der Waals surface area contributed by atoms with Crippen molar-refractivity contribution in [1.82, 2.24) is 9.97 Å². The minimum absolute atomic E-state index is 0.0721. The van der Waals surface area contributed by atoms with Crippen LogP contribution in [0.3, 0.4) is 0 Å². The second-order valence-electron chi connectivity index (χ2n) is 4.22. The molecule has 0 aromatic carbocycles. The number of hydrogen-bond acceptors (Lipinski definition) is 5. The van der Waals surface area contributed by atoms with E-state index >= 15 is 0 Å². The number of aromatic nitrogens is 2. The van der Waals surface area contributed by atoms with Crippen LogP contribution in [0.4, 0.5) is 0 Å². The zero-order valence-corrected chi connectivity index (χ0v) is 11.6. The molecule has 1 atom stereocenters. The lowest BCUT2D eigenvalue weighted by Crippen LogP contribution is -2.16. The predicted octanol–water partition coefficient (Wildman–Crippen LogP) is 1.57. The van der Waals surface area contributed by atoms with Crippen molar-refractivity contribution in [2.24, 2.45) is 5.73 Å². The van der Waals surface area contributed by atoms with Gasteiger partial charge in [0.05, 0.1) is 23.7 Å². The summed E-state index contributed by atoms with van der Waals surface area (Å²) in [6.45, 7) is 0. The lowest BCUT2D eigenvalue weighted by atomic mass is 10.2. The summed E-state index contributed by atoms with van der Waals surface area (Å²) in [7, 11) is -2.98. The van der Waals surface area contributed by atoms with E-state index in [1.165, 1.54) is 6.26 Å². The first-order valence-corrected chi connectivity index (χ1v) is 8.47. The maximum absolute atomic E-state index is 11.1. The molecule has 2 aromatic rings. The molecule has 0 saturated heterocycles.